The molecule has 0 bridgehead atoms. The molecule has 7 nitrogen and oxygen atoms in total. The topological polar surface area (TPSA) is 84.9 Å². The summed E-state index contributed by atoms with van der Waals surface area (Å²) in [6, 6.07) is 10.9. The Labute approximate surface area is 180 Å². The van der Waals surface area contributed by atoms with Crippen LogP contribution in [-0.2, 0) is 20.8 Å². The summed E-state index contributed by atoms with van der Waals surface area (Å²) in [5.74, 6) is -2.05. The van der Waals surface area contributed by atoms with Gasteiger partial charge in [0.05, 0.1) is 31.3 Å². The van der Waals surface area contributed by atoms with Gasteiger partial charge in [-0.15, -0.1) is 0 Å². The van der Waals surface area contributed by atoms with Crippen LogP contribution in [0.4, 0.5) is 10.1 Å². The van der Waals surface area contributed by atoms with E-state index in [-0.39, 0.29) is 28.8 Å². The van der Waals surface area contributed by atoms with Crippen LogP contribution in [0.2, 0.25) is 0 Å². The number of ether oxygens (including phenoxy) is 2. The van der Waals surface area contributed by atoms with Gasteiger partial charge in [0, 0.05) is 24.3 Å². The molecule has 0 aliphatic carbocycles. The second kappa shape index (κ2) is 10.2. The fourth-order valence-corrected chi connectivity index (χ4v) is 3.70. The predicted octanol–water partition coefficient (Wildman–Crippen LogP) is 3.25. The average Bonchev–Trinajstić information content (AvgIpc) is 2.79. The van der Waals surface area contributed by atoms with E-state index < -0.39 is 11.9 Å². The lowest BCUT2D eigenvalue weighted by atomic mass is 9.96. The summed E-state index contributed by atoms with van der Waals surface area (Å²) in [7, 11) is 2.47. The van der Waals surface area contributed by atoms with Gasteiger partial charge in [0.2, 0.25) is 5.91 Å². The maximum atomic E-state index is 14.0. The zero-order valence-corrected chi connectivity index (χ0v) is 17.5. The van der Waals surface area contributed by atoms with E-state index in [0.29, 0.717) is 30.8 Å². The number of halogens is 1. The Balaban J connectivity index is 1.72. The molecule has 164 valence electrons. The van der Waals surface area contributed by atoms with Crippen molar-refractivity contribution in [2.24, 2.45) is 5.92 Å². The lowest BCUT2D eigenvalue weighted by Gasteiger charge is -2.32. The molecule has 0 radical (unpaired) electrons. The number of likely N-dealkylation sites (tertiary alicyclic amines) is 1. The Bertz CT molecular complexity index is 944. The number of hydrogen-bond donors (Lipinski definition) is 1. The molecule has 1 unspecified atom stereocenters. The molecule has 1 heterocycles. The monoisotopic (exact) mass is 428 g/mol. The molecule has 1 N–H and O–H groups in total. The summed E-state index contributed by atoms with van der Waals surface area (Å²) in [4.78, 5) is 38.8. The van der Waals surface area contributed by atoms with E-state index in [9.17, 15) is 18.8 Å². The fourth-order valence-electron chi connectivity index (χ4n) is 3.70. The van der Waals surface area contributed by atoms with Gasteiger partial charge >= 0.3 is 11.9 Å². The molecule has 31 heavy (non-hydrogen) atoms. The number of anilines is 1. The minimum atomic E-state index is -0.630. The number of esters is 2. The molecule has 1 aliphatic heterocycles. The van der Waals surface area contributed by atoms with Crippen LogP contribution >= 0.6 is 0 Å². The highest BCUT2D eigenvalue weighted by Gasteiger charge is 2.27. The molecule has 0 spiro atoms. The van der Waals surface area contributed by atoms with Crippen LogP contribution in [0.5, 0.6) is 0 Å². The van der Waals surface area contributed by atoms with E-state index in [1.807, 2.05) is 0 Å². The second-order valence-electron chi connectivity index (χ2n) is 7.44. The van der Waals surface area contributed by atoms with Crippen LogP contribution in [-0.4, -0.2) is 50.1 Å². The molecule has 0 saturated carbocycles. The summed E-state index contributed by atoms with van der Waals surface area (Å²) >= 11 is 0. The molecule has 8 heteroatoms. The zero-order valence-electron chi connectivity index (χ0n) is 17.5. The van der Waals surface area contributed by atoms with Gasteiger partial charge in [0.1, 0.15) is 5.82 Å². The van der Waals surface area contributed by atoms with E-state index in [0.717, 1.165) is 13.0 Å². The Hall–Kier alpha value is -3.26. The van der Waals surface area contributed by atoms with E-state index in [2.05, 4.69) is 10.2 Å². The van der Waals surface area contributed by atoms with E-state index in [1.165, 1.54) is 38.5 Å². The minimum absolute atomic E-state index is 0.130. The van der Waals surface area contributed by atoms with Gasteiger partial charge in [-0.25, -0.2) is 14.0 Å². The lowest BCUT2D eigenvalue weighted by molar-refractivity contribution is -0.121. The van der Waals surface area contributed by atoms with Crippen molar-refractivity contribution in [2.75, 3.05) is 32.6 Å². The van der Waals surface area contributed by atoms with Gasteiger partial charge in [-0.05, 0) is 43.7 Å². The van der Waals surface area contributed by atoms with Gasteiger partial charge in [0.25, 0.3) is 0 Å². The number of amides is 1. The standard InChI is InChI=1S/C23H25FN2O5/c1-30-22(28)17-10-18(23(29)31-2)12-19(11-17)25-21(27)16-7-5-9-26(14-16)13-15-6-3-4-8-20(15)24/h3-4,6,8,10-12,16H,5,7,9,13-14H2,1-2H3,(H,25,27). The van der Waals surface area contributed by atoms with Crippen molar-refractivity contribution >= 4 is 23.5 Å². The first-order valence-corrected chi connectivity index (χ1v) is 9.99. The van der Waals surface area contributed by atoms with Crippen molar-refractivity contribution < 1.29 is 28.2 Å². The molecule has 0 aromatic heterocycles. The number of carbonyl (C=O) groups is 3. The third-order valence-corrected chi connectivity index (χ3v) is 5.27. The SMILES string of the molecule is COC(=O)c1cc(NC(=O)C2CCCN(Cc3ccccc3F)C2)cc(C(=O)OC)c1. The van der Waals surface area contributed by atoms with Gasteiger partial charge in [-0.3, -0.25) is 9.69 Å². The summed E-state index contributed by atoms with van der Waals surface area (Å²) < 4.78 is 23.4. The van der Waals surface area contributed by atoms with E-state index in [1.54, 1.807) is 18.2 Å². The van der Waals surface area contributed by atoms with Crippen molar-refractivity contribution in [3.05, 3.63) is 65.0 Å². The van der Waals surface area contributed by atoms with Crippen LogP contribution in [0.25, 0.3) is 0 Å². The number of carbonyl (C=O) groups excluding carboxylic acids is 3. The van der Waals surface area contributed by atoms with Crippen molar-refractivity contribution in [3.63, 3.8) is 0 Å². The highest BCUT2D eigenvalue weighted by molar-refractivity contribution is 6.00. The summed E-state index contributed by atoms with van der Waals surface area (Å²) in [5.41, 5.74) is 1.16. The number of nitrogens with zero attached hydrogens (tertiary/aromatic N) is 1. The highest BCUT2D eigenvalue weighted by atomic mass is 19.1. The van der Waals surface area contributed by atoms with Crippen molar-refractivity contribution in [1.82, 2.24) is 4.90 Å². The first kappa shape index (κ1) is 22.4. The smallest absolute Gasteiger partial charge is 0.337 e. The maximum absolute atomic E-state index is 14.0. The Kier molecular flexibility index (Phi) is 7.36. The maximum Gasteiger partial charge on any atom is 0.337 e. The molecular formula is C23H25FN2O5. The number of rotatable bonds is 6. The number of methoxy groups -OCH3 is 2. The van der Waals surface area contributed by atoms with Crippen LogP contribution in [0.3, 0.4) is 0 Å². The molecule has 1 fully saturated rings. The van der Waals surface area contributed by atoms with Crippen molar-refractivity contribution in [2.45, 2.75) is 19.4 Å². The van der Waals surface area contributed by atoms with Crippen molar-refractivity contribution in [1.29, 1.82) is 0 Å². The fraction of sp³-hybridized carbons (Fsp3) is 0.348. The molecule has 1 atom stereocenters. The van der Waals surface area contributed by atoms with Crippen LogP contribution in [0.1, 0.15) is 39.1 Å². The van der Waals surface area contributed by atoms with Gasteiger partial charge in [-0.2, -0.15) is 0 Å². The molecule has 3 rings (SSSR count). The molecule has 1 aliphatic rings. The quantitative estimate of drug-likeness (QED) is 0.711. The minimum Gasteiger partial charge on any atom is -0.465 e. The highest BCUT2D eigenvalue weighted by Crippen LogP contribution is 2.23. The Morgan fingerprint density at radius 1 is 1.06 bits per heavy atom. The van der Waals surface area contributed by atoms with Gasteiger partial charge in [0.15, 0.2) is 0 Å². The average molecular weight is 428 g/mol. The number of hydrogen-bond acceptors (Lipinski definition) is 6. The third kappa shape index (κ3) is 5.67. The van der Waals surface area contributed by atoms with Crippen LogP contribution in [0.15, 0.2) is 42.5 Å². The Morgan fingerprint density at radius 2 is 1.71 bits per heavy atom. The normalized spacial score (nSPS) is 16.4. The van der Waals surface area contributed by atoms with Gasteiger partial charge < -0.3 is 14.8 Å². The molecular weight excluding hydrogens is 403 g/mol. The number of nitrogens with one attached hydrogen (secondary N) is 1. The van der Waals surface area contributed by atoms with E-state index >= 15 is 0 Å². The molecule has 1 amide bonds. The van der Waals surface area contributed by atoms with Crippen LogP contribution < -0.4 is 5.32 Å². The summed E-state index contributed by atoms with van der Waals surface area (Å²) in [5, 5.41) is 2.79. The zero-order chi connectivity index (χ0) is 22.4. The largest absolute Gasteiger partial charge is 0.465 e. The molecule has 2 aromatic rings. The summed E-state index contributed by atoms with van der Waals surface area (Å²) in [6.07, 6.45) is 1.50. The first-order valence-electron chi connectivity index (χ1n) is 9.99. The van der Waals surface area contributed by atoms with Gasteiger partial charge in [-0.1, -0.05) is 18.2 Å². The predicted molar refractivity (Wildman–Crippen MR) is 112 cm³/mol. The van der Waals surface area contributed by atoms with Crippen molar-refractivity contribution in [3.8, 4) is 0 Å². The third-order valence-electron chi connectivity index (χ3n) is 5.27. The lowest BCUT2D eigenvalue weighted by Crippen LogP contribution is -2.40. The van der Waals surface area contributed by atoms with Crippen LogP contribution in [0, 0.1) is 11.7 Å². The van der Waals surface area contributed by atoms with E-state index in [4.69, 9.17) is 9.47 Å². The summed E-state index contributed by atoms with van der Waals surface area (Å²) in [6.45, 7) is 1.70. The molecule has 2 aromatic carbocycles. The number of benzene rings is 2. The molecule has 1 saturated heterocycles. The first-order chi connectivity index (χ1) is 14.9. The number of piperidine rings is 1. The Morgan fingerprint density at radius 3 is 2.32 bits per heavy atom. The second-order valence-corrected chi connectivity index (χ2v) is 7.44.